The molecule has 0 radical (unpaired) electrons. The number of methoxy groups -OCH3 is 3. The van der Waals surface area contributed by atoms with E-state index in [2.05, 4.69) is 10.5 Å². The average Bonchev–Trinajstić information content (AvgIpc) is 2.64. The standard InChI is InChI=1S/C18H19ClN2O4/c1-11(20-21-18(22)12-6-5-7-13(19)8-12)17-15(24-3)9-14(23-2)10-16(17)25-4/h5-10H,1-4H3,(H,21,22)/b20-11-. The van der Waals surface area contributed by atoms with Crippen molar-refractivity contribution >= 4 is 23.2 Å². The fourth-order valence-corrected chi connectivity index (χ4v) is 2.44. The number of benzene rings is 2. The Morgan fingerprint density at radius 1 is 1.04 bits per heavy atom. The first kappa shape index (κ1) is 18.6. The van der Waals surface area contributed by atoms with Crippen LogP contribution in [0, 0.1) is 0 Å². The van der Waals surface area contributed by atoms with Gasteiger partial charge in [-0.05, 0) is 25.1 Å². The van der Waals surface area contributed by atoms with E-state index in [4.69, 9.17) is 25.8 Å². The molecule has 0 bridgehead atoms. The summed E-state index contributed by atoms with van der Waals surface area (Å²) in [5.74, 6) is 1.27. The van der Waals surface area contributed by atoms with Crippen LogP contribution in [0.4, 0.5) is 0 Å². The SMILES string of the molecule is COc1cc(OC)c(/C(C)=N\NC(=O)c2cccc(Cl)c2)c(OC)c1. The molecule has 0 atom stereocenters. The monoisotopic (exact) mass is 362 g/mol. The van der Waals surface area contributed by atoms with E-state index in [1.54, 1.807) is 50.4 Å². The van der Waals surface area contributed by atoms with Crippen molar-refractivity contribution < 1.29 is 19.0 Å². The van der Waals surface area contributed by atoms with Gasteiger partial charge in [-0.25, -0.2) is 5.43 Å². The van der Waals surface area contributed by atoms with Crippen molar-refractivity contribution in [3.05, 3.63) is 52.5 Å². The van der Waals surface area contributed by atoms with Crippen molar-refractivity contribution in [1.82, 2.24) is 5.43 Å². The molecule has 0 spiro atoms. The number of hydrogen-bond acceptors (Lipinski definition) is 5. The number of rotatable bonds is 6. The van der Waals surface area contributed by atoms with E-state index in [1.165, 1.54) is 14.2 Å². The highest BCUT2D eigenvalue weighted by atomic mass is 35.5. The summed E-state index contributed by atoms with van der Waals surface area (Å²) in [6.45, 7) is 1.74. The average molecular weight is 363 g/mol. The van der Waals surface area contributed by atoms with Crippen molar-refractivity contribution in [1.29, 1.82) is 0 Å². The topological polar surface area (TPSA) is 69.2 Å². The minimum Gasteiger partial charge on any atom is -0.496 e. The van der Waals surface area contributed by atoms with E-state index >= 15 is 0 Å². The zero-order valence-electron chi connectivity index (χ0n) is 14.4. The van der Waals surface area contributed by atoms with Crippen LogP contribution in [0.1, 0.15) is 22.8 Å². The number of nitrogens with zero attached hydrogens (tertiary/aromatic N) is 1. The first-order valence-corrected chi connectivity index (χ1v) is 7.78. The van der Waals surface area contributed by atoms with Crippen LogP contribution in [0.3, 0.4) is 0 Å². The van der Waals surface area contributed by atoms with E-state index in [1.807, 2.05) is 0 Å². The fourth-order valence-electron chi connectivity index (χ4n) is 2.25. The summed E-state index contributed by atoms with van der Waals surface area (Å²) < 4.78 is 16.0. The first-order chi connectivity index (χ1) is 12.0. The third-order valence-electron chi connectivity index (χ3n) is 3.49. The second-order valence-electron chi connectivity index (χ2n) is 5.06. The van der Waals surface area contributed by atoms with E-state index < -0.39 is 0 Å². The highest BCUT2D eigenvalue weighted by molar-refractivity contribution is 6.31. The Balaban J connectivity index is 2.31. The summed E-state index contributed by atoms with van der Waals surface area (Å²) >= 11 is 5.89. The van der Waals surface area contributed by atoms with Crippen LogP contribution in [0.2, 0.25) is 5.02 Å². The van der Waals surface area contributed by atoms with Gasteiger partial charge in [-0.3, -0.25) is 4.79 Å². The first-order valence-electron chi connectivity index (χ1n) is 7.40. The van der Waals surface area contributed by atoms with Gasteiger partial charge in [0.25, 0.3) is 5.91 Å². The van der Waals surface area contributed by atoms with E-state index in [0.29, 0.717) is 39.1 Å². The highest BCUT2D eigenvalue weighted by Crippen LogP contribution is 2.34. The van der Waals surface area contributed by atoms with Crippen LogP contribution >= 0.6 is 11.6 Å². The Bertz CT molecular complexity index is 780. The number of hydrazone groups is 1. The van der Waals surface area contributed by atoms with Gasteiger partial charge < -0.3 is 14.2 Å². The molecule has 0 aliphatic heterocycles. The summed E-state index contributed by atoms with van der Waals surface area (Å²) in [5.41, 5.74) is 4.06. The quantitative estimate of drug-likeness (QED) is 0.630. The molecule has 0 aliphatic carbocycles. The molecule has 0 heterocycles. The molecule has 25 heavy (non-hydrogen) atoms. The number of halogens is 1. The van der Waals surface area contributed by atoms with Gasteiger partial charge in [-0.1, -0.05) is 17.7 Å². The highest BCUT2D eigenvalue weighted by Gasteiger charge is 2.16. The Kier molecular flexibility index (Phi) is 6.25. The van der Waals surface area contributed by atoms with Crippen LogP contribution in [0.15, 0.2) is 41.5 Å². The largest absolute Gasteiger partial charge is 0.496 e. The lowest BCUT2D eigenvalue weighted by Gasteiger charge is -2.14. The molecule has 0 fully saturated rings. The molecule has 0 saturated heterocycles. The molecular weight excluding hydrogens is 344 g/mol. The second-order valence-corrected chi connectivity index (χ2v) is 5.49. The molecule has 1 amide bonds. The summed E-state index contributed by atoms with van der Waals surface area (Å²) in [6.07, 6.45) is 0. The maximum atomic E-state index is 12.2. The fraction of sp³-hybridized carbons (Fsp3) is 0.222. The third-order valence-corrected chi connectivity index (χ3v) is 3.72. The Morgan fingerprint density at radius 2 is 1.68 bits per heavy atom. The van der Waals surface area contributed by atoms with Crippen LogP contribution in [0.25, 0.3) is 0 Å². The van der Waals surface area contributed by atoms with Gasteiger partial charge in [0.2, 0.25) is 0 Å². The Hall–Kier alpha value is -2.73. The number of carbonyl (C=O) groups excluding carboxylic acids is 1. The minimum absolute atomic E-state index is 0.367. The van der Waals surface area contributed by atoms with E-state index in [9.17, 15) is 4.79 Å². The van der Waals surface area contributed by atoms with Gasteiger partial charge in [0.05, 0.1) is 32.6 Å². The summed E-state index contributed by atoms with van der Waals surface area (Å²) in [6, 6.07) is 10.0. The summed E-state index contributed by atoms with van der Waals surface area (Å²) in [7, 11) is 4.63. The van der Waals surface area contributed by atoms with Crippen LogP contribution in [-0.4, -0.2) is 32.9 Å². The molecule has 2 rings (SSSR count). The van der Waals surface area contributed by atoms with Gasteiger partial charge in [0, 0.05) is 22.7 Å². The van der Waals surface area contributed by atoms with Gasteiger partial charge in [0.1, 0.15) is 17.2 Å². The van der Waals surface area contributed by atoms with Crippen molar-refractivity contribution in [3.8, 4) is 17.2 Å². The van der Waals surface area contributed by atoms with Crippen LogP contribution in [0.5, 0.6) is 17.2 Å². The lowest BCUT2D eigenvalue weighted by atomic mass is 10.1. The maximum Gasteiger partial charge on any atom is 0.271 e. The number of nitrogens with one attached hydrogen (secondary N) is 1. The van der Waals surface area contributed by atoms with Crippen molar-refractivity contribution in [3.63, 3.8) is 0 Å². The smallest absolute Gasteiger partial charge is 0.271 e. The molecule has 6 nitrogen and oxygen atoms in total. The molecule has 2 aromatic rings. The lowest BCUT2D eigenvalue weighted by molar-refractivity contribution is 0.0955. The van der Waals surface area contributed by atoms with E-state index in [0.717, 1.165) is 0 Å². The molecular formula is C18H19ClN2O4. The zero-order valence-corrected chi connectivity index (χ0v) is 15.2. The molecule has 132 valence electrons. The molecule has 0 aliphatic rings. The summed E-state index contributed by atoms with van der Waals surface area (Å²) in [5, 5.41) is 4.62. The van der Waals surface area contributed by atoms with Gasteiger partial charge in [-0.2, -0.15) is 5.10 Å². The predicted octanol–water partition coefficient (Wildman–Crippen LogP) is 3.52. The molecule has 0 unspecified atom stereocenters. The molecule has 0 aromatic heterocycles. The lowest BCUT2D eigenvalue weighted by Crippen LogP contribution is -2.19. The van der Waals surface area contributed by atoms with Crippen LogP contribution in [-0.2, 0) is 0 Å². The number of hydrogen-bond donors (Lipinski definition) is 1. The molecule has 7 heteroatoms. The van der Waals surface area contributed by atoms with E-state index in [-0.39, 0.29) is 5.91 Å². The molecule has 2 aromatic carbocycles. The van der Waals surface area contributed by atoms with Gasteiger partial charge >= 0.3 is 0 Å². The molecule has 0 saturated carbocycles. The minimum atomic E-state index is -0.367. The Labute approximate surface area is 151 Å². The van der Waals surface area contributed by atoms with Crippen molar-refractivity contribution in [2.24, 2.45) is 5.10 Å². The predicted molar refractivity (Wildman–Crippen MR) is 97.2 cm³/mol. The zero-order chi connectivity index (χ0) is 18.4. The number of amides is 1. The van der Waals surface area contributed by atoms with Crippen molar-refractivity contribution in [2.45, 2.75) is 6.92 Å². The van der Waals surface area contributed by atoms with Gasteiger partial charge in [-0.15, -0.1) is 0 Å². The van der Waals surface area contributed by atoms with Crippen molar-refractivity contribution in [2.75, 3.05) is 21.3 Å². The third kappa shape index (κ3) is 4.42. The van der Waals surface area contributed by atoms with Gasteiger partial charge in [0.15, 0.2) is 0 Å². The second kappa shape index (κ2) is 8.39. The Morgan fingerprint density at radius 3 is 2.20 bits per heavy atom. The molecule has 1 N–H and O–H groups in total. The maximum absolute atomic E-state index is 12.2. The van der Waals surface area contributed by atoms with Crippen LogP contribution < -0.4 is 19.6 Å². The summed E-state index contributed by atoms with van der Waals surface area (Å²) in [4.78, 5) is 12.2. The number of carbonyl (C=O) groups is 1. The normalized spacial score (nSPS) is 11.0. The number of ether oxygens (including phenoxy) is 3.